The molecule has 0 N–H and O–H groups in total. The van der Waals surface area contributed by atoms with Crippen LogP contribution in [0.5, 0.6) is 0 Å². The molecule has 0 unspecified atom stereocenters. The number of carbonyl (C=O) groups excluding carboxylic acids is 2. The number of aryl methyl sites for hydroxylation is 1. The minimum atomic E-state index is -0.566. The van der Waals surface area contributed by atoms with Gasteiger partial charge in [0.05, 0.1) is 11.3 Å². The Morgan fingerprint density at radius 2 is 1.70 bits per heavy atom. The van der Waals surface area contributed by atoms with Crippen molar-refractivity contribution in [3.05, 3.63) is 89.5 Å². The number of hydrogen-bond donors (Lipinski definition) is 0. The minimum Gasteiger partial charge on any atom is -0.454 e. The van der Waals surface area contributed by atoms with Crippen molar-refractivity contribution in [2.45, 2.75) is 13.8 Å². The summed E-state index contributed by atoms with van der Waals surface area (Å²) in [4.78, 5) is 25.0. The van der Waals surface area contributed by atoms with E-state index >= 15 is 0 Å². The lowest BCUT2D eigenvalue weighted by Gasteiger charge is -2.09. The number of nitrogens with zero attached hydrogens (tertiary/aromatic N) is 5. The Labute approximate surface area is 172 Å². The van der Waals surface area contributed by atoms with Crippen LogP contribution in [0.25, 0.3) is 11.4 Å². The number of hydrogen-bond acceptors (Lipinski definition) is 6. The van der Waals surface area contributed by atoms with Crippen LogP contribution in [0.2, 0.25) is 0 Å². The lowest BCUT2D eigenvalue weighted by molar-refractivity contribution is 0.0474. The first kappa shape index (κ1) is 19.3. The van der Waals surface area contributed by atoms with Crippen LogP contribution in [-0.4, -0.2) is 43.1 Å². The number of rotatable bonds is 6. The molecule has 4 aromatic rings. The fourth-order valence-electron chi connectivity index (χ4n) is 3.34. The second-order valence-corrected chi connectivity index (χ2v) is 6.76. The molecule has 2 aromatic heterocycles. The molecule has 4 rings (SSSR count). The second kappa shape index (κ2) is 8.12. The highest BCUT2D eigenvalue weighted by molar-refractivity contribution is 6.00. The predicted molar refractivity (Wildman–Crippen MR) is 109 cm³/mol. The molecule has 2 heterocycles. The number of esters is 1. The number of carbonyl (C=O) groups is 2. The summed E-state index contributed by atoms with van der Waals surface area (Å²) in [6.45, 7) is 3.49. The number of ether oxygens (including phenoxy) is 1. The van der Waals surface area contributed by atoms with E-state index in [2.05, 4.69) is 15.5 Å². The largest absolute Gasteiger partial charge is 0.454 e. The van der Waals surface area contributed by atoms with Crippen molar-refractivity contribution >= 4 is 11.8 Å². The predicted octanol–water partition coefficient (Wildman–Crippen LogP) is 3.11. The topological polar surface area (TPSA) is 91.9 Å². The molecule has 0 saturated carbocycles. The number of tetrazole rings is 1. The maximum Gasteiger partial charge on any atom is 0.338 e. The van der Waals surface area contributed by atoms with E-state index in [4.69, 9.17) is 4.74 Å². The quantitative estimate of drug-likeness (QED) is 0.364. The van der Waals surface area contributed by atoms with Gasteiger partial charge < -0.3 is 9.30 Å². The molecule has 8 heteroatoms. The summed E-state index contributed by atoms with van der Waals surface area (Å²) in [5.74, 6) is -0.813. The van der Waals surface area contributed by atoms with Gasteiger partial charge in [0.25, 0.3) is 0 Å². The van der Waals surface area contributed by atoms with Crippen LogP contribution in [0, 0.1) is 13.8 Å². The minimum absolute atomic E-state index is 0.246. The Kier molecular flexibility index (Phi) is 5.21. The smallest absolute Gasteiger partial charge is 0.338 e. The molecule has 0 amide bonds. The summed E-state index contributed by atoms with van der Waals surface area (Å²) in [6.07, 6.45) is 1.46. The van der Waals surface area contributed by atoms with Gasteiger partial charge in [-0.25, -0.2) is 9.48 Å². The summed E-state index contributed by atoms with van der Waals surface area (Å²) < 4.78 is 8.72. The molecule has 0 saturated heterocycles. The van der Waals surface area contributed by atoms with Crippen LogP contribution in [0.3, 0.4) is 0 Å². The molecule has 8 nitrogen and oxygen atoms in total. The standard InChI is InChI=1S/C22H19N5O3/c1-15-12-20(16(2)27(15)19-6-4-3-5-7-19)21(28)13-30-22(29)17-8-10-18(11-9-17)26-14-23-24-25-26/h3-12,14H,13H2,1-2H3. The SMILES string of the molecule is Cc1cc(C(=O)COC(=O)c2ccc(-n3cnnn3)cc2)c(C)n1-c1ccccc1. The van der Waals surface area contributed by atoms with Gasteiger partial charge in [-0.2, -0.15) is 0 Å². The fraction of sp³-hybridized carbons (Fsp3) is 0.136. The van der Waals surface area contributed by atoms with Gasteiger partial charge in [-0.3, -0.25) is 4.79 Å². The molecule has 0 fully saturated rings. The molecule has 0 aliphatic rings. The van der Waals surface area contributed by atoms with Crippen LogP contribution < -0.4 is 0 Å². The summed E-state index contributed by atoms with van der Waals surface area (Å²) >= 11 is 0. The lowest BCUT2D eigenvalue weighted by Crippen LogP contribution is -2.15. The third kappa shape index (κ3) is 3.75. The number of aromatic nitrogens is 5. The Morgan fingerprint density at radius 3 is 2.37 bits per heavy atom. The summed E-state index contributed by atoms with van der Waals surface area (Å²) in [5.41, 5.74) is 4.32. The van der Waals surface area contributed by atoms with E-state index in [1.807, 2.05) is 54.8 Å². The number of Topliss-reactive ketones (excluding diaryl/α,β-unsaturated/α-hetero) is 1. The van der Waals surface area contributed by atoms with Gasteiger partial charge in [0.2, 0.25) is 5.78 Å². The zero-order valence-corrected chi connectivity index (χ0v) is 16.5. The van der Waals surface area contributed by atoms with Crippen molar-refractivity contribution in [2.24, 2.45) is 0 Å². The maximum absolute atomic E-state index is 12.7. The van der Waals surface area contributed by atoms with Crippen molar-refractivity contribution < 1.29 is 14.3 Å². The molecule has 0 aliphatic carbocycles. The Bertz CT molecular complexity index is 1180. The summed E-state index contributed by atoms with van der Waals surface area (Å²) in [6, 6.07) is 18.2. The molecule has 2 aromatic carbocycles. The molecule has 150 valence electrons. The Morgan fingerprint density at radius 1 is 0.967 bits per heavy atom. The maximum atomic E-state index is 12.7. The van der Waals surface area contributed by atoms with Gasteiger partial charge in [-0.05, 0) is 66.7 Å². The van der Waals surface area contributed by atoms with Gasteiger partial charge in [0.1, 0.15) is 6.33 Å². The first-order chi connectivity index (χ1) is 14.5. The summed E-state index contributed by atoms with van der Waals surface area (Å²) in [7, 11) is 0. The number of para-hydroxylation sites is 1. The highest BCUT2D eigenvalue weighted by atomic mass is 16.5. The monoisotopic (exact) mass is 401 g/mol. The van der Waals surface area contributed by atoms with E-state index < -0.39 is 5.97 Å². The zero-order valence-electron chi connectivity index (χ0n) is 16.5. The fourth-order valence-corrected chi connectivity index (χ4v) is 3.34. The van der Waals surface area contributed by atoms with Crippen molar-refractivity contribution in [3.8, 4) is 11.4 Å². The average molecular weight is 401 g/mol. The third-order valence-corrected chi connectivity index (χ3v) is 4.80. The highest BCUT2D eigenvalue weighted by Crippen LogP contribution is 2.21. The molecule has 0 bridgehead atoms. The number of benzene rings is 2. The first-order valence-electron chi connectivity index (χ1n) is 9.32. The summed E-state index contributed by atoms with van der Waals surface area (Å²) in [5, 5.41) is 10.9. The highest BCUT2D eigenvalue weighted by Gasteiger charge is 2.18. The van der Waals surface area contributed by atoms with E-state index in [1.54, 1.807) is 24.3 Å². The van der Waals surface area contributed by atoms with Crippen LogP contribution in [-0.2, 0) is 4.74 Å². The molecule has 30 heavy (non-hydrogen) atoms. The third-order valence-electron chi connectivity index (χ3n) is 4.80. The van der Waals surface area contributed by atoms with E-state index in [-0.39, 0.29) is 12.4 Å². The van der Waals surface area contributed by atoms with Crippen LogP contribution in [0.15, 0.2) is 67.0 Å². The van der Waals surface area contributed by atoms with Gasteiger partial charge >= 0.3 is 5.97 Å². The van der Waals surface area contributed by atoms with E-state index in [1.165, 1.54) is 11.0 Å². The molecule has 0 aliphatic heterocycles. The van der Waals surface area contributed by atoms with E-state index in [0.29, 0.717) is 16.8 Å². The van der Waals surface area contributed by atoms with Crippen LogP contribution in [0.1, 0.15) is 32.1 Å². The van der Waals surface area contributed by atoms with E-state index in [9.17, 15) is 9.59 Å². The van der Waals surface area contributed by atoms with Gasteiger partial charge in [0, 0.05) is 22.6 Å². The van der Waals surface area contributed by atoms with Gasteiger partial charge in [0.15, 0.2) is 6.61 Å². The average Bonchev–Trinajstić information content (AvgIpc) is 3.41. The Balaban J connectivity index is 1.44. The van der Waals surface area contributed by atoms with Crippen LogP contribution in [0.4, 0.5) is 0 Å². The number of ketones is 1. The van der Waals surface area contributed by atoms with Crippen molar-refractivity contribution in [2.75, 3.05) is 6.61 Å². The van der Waals surface area contributed by atoms with Crippen LogP contribution >= 0.6 is 0 Å². The normalized spacial score (nSPS) is 10.7. The van der Waals surface area contributed by atoms with E-state index in [0.717, 1.165) is 17.1 Å². The first-order valence-corrected chi connectivity index (χ1v) is 9.32. The van der Waals surface area contributed by atoms with Crippen molar-refractivity contribution in [1.82, 2.24) is 24.8 Å². The van der Waals surface area contributed by atoms with Gasteiger partial charge in [-0.15, -0.1) is 5.10 Å². The second-order valence-electron chi connectivity index (χ2n) is 6.76. The molecule has 0 atom stereocenters. The molecule has 0 radical (unpaired) electrons. The molecular formula is C22H19N5O3. The lowest BCUT2D eigenvalue weighted by atomic mass is 10.1. The zero-order chi connectivity index (χ0) is 21.1. The molecular weight excluding hydrogens is 382 g/mol. The molecule has 0 spiro atoms. The Hall–Kier alpha value is -4.07. The van der Waals surface area contributed by atoms with Crippen molar-refractivity contribution in [3.63, 3.8) is 0 Å². The van der Waals surface area contributed by atoms with Gasteiger partial charge in [-0.1, -0.05) is 18.2 Å². The van der Waals surface area contributed by atoms with Crippen molar-refractivity contribution in [1.29, 1.82) is 0 Å².